The van der Waals surface area contributed by atoms with Gasteiger partial charge in [0, 0.05) is 18.3 Å². The van der Waals surface area contributed by atoms with E-state index in [1.807, 2.05) is 6.08 Å². The number of ether oxygens (including phenoxy) is 2. The Morgan fingerprint density at radius 3 is 2.61 bits per heavy atom. The third-order valence-corrected chi connectivity index (χ3v) is 4.71. The minimum absolute atomic E-state index is 0.117. The molecule has 3 nitrogen and oxygen atoms in total. The van der Waals surface area contributed by atoms with E-state index >= 15 is 0 Å². The molecule has 0 aromatic heterocycles. The average Bonchev–Trinajstić information content (AvgIpc) is 2.34. The number of hydrogen-bond acceptors (Lipinski definition) is 3. The molecule has 0 bridgehead atoms. The average molecular weight is 252 g/mol. The van der Waals surface area contributed by atoms with Crippen LogP contribution < -0.4 is 0 Å². The molecule has 1 aliphatic heterocycles. The van der Waals surface area contributed by atoms with E-state index in [9.17, 15) is 5.11 Å². The highest BCUT2D eigenvalue weighted by molar-refractivity contribution is 5.12. The van der Waals surface area contributed by atoms with Gasteiger partial charge in [0.15, 0.2) is 5.79 Å². The van der Waals surface area contributed by atoms with Crippen LogP contribution in [0, 0.1) is 11.3 Å². The molecule has 2 aliphatic carbocycles. The number of fused-ring (bicyclic) bond motifs is 1. The van der Waals surface area contributed by atoms with Gasteiger partial charge in [-0.15, -0.1) is 0 Å². The van der Waals surface area contributed by atoms with Gasteiger partial charge in [0.2, 0.25) is 0 Å². The van der Waals surface area contributed by atoms with E-state index in [0.717, 1.165) is 45.3 Å². The third-order valence-electron chi connectivity index (χ3n) is 4.71. The van der Waals surface area contributed by atoms with Crippen molar-refractivity contribution in [2.24, 2.45) is 11.3 Å². The molecule has 1 saturated carbocycles. The fourth-order valence-electron chi connectivity index (χ4n) is 3.40. The molecule has 102 valence electrons. The molecule has 0 aromatic carbocycles. The van der Waals surface area contributed by atoms with Crippen molar-refractivity contribution in [3.8, 4) is 0 Å². The summed E-state index contributed by atoms with van der Waals surface area (Å²) in [5, 5.41) is 10.6. The lowest BCUT2D eigenvalue weighted by Gasteiger charge is -2.52. The first-order valence-electron chi connectivity index (χ1n) is 7.11. The summed E-state index contributed by atoms with van der Waals surface area (Å²) >= 11 is 0. The van der Waals surface area contributed by atoms with Gasteiger partial charge < -0.3 is 14.6 Å². The molecule has 1 heterocycles. The molecule has 18 heavy (non-hydrogen) atoms. The predicted molar refractivity (Wildman–Crippen MR) is 69.1 cm³/mol. The third kappa shape index (κ3) is 2.13. The van der Waals surface area contributed by atoms with Crippen LogP contribution in [0.15, 0.2) is 12.2 Å². The van der Waals surface area contributed by atoms with Crippen molar-refractivity contribution < 1.29 is 14.6 Å². The van der Waals surface area contributed by atoms with E-state index < -0.39 is 11.4 Å². The van der Waals surface area contributed by atoms with Gasteiger partial charge in [0.25, 0.3) is 0 Å². The molecule has 1 N–H and O–H groups in total. The van der Waals surface area contributed by atoms with E-state index in [4.69, 9.17) is 9.47 Å². The number of allylic oxidation sites excluding steroid dienone is 1. The van der Waals surface area contributed by atoms with Crippen LogP contribution in [0.3, 0.4) is 0 Å². The summed E-state index contributed by atoms with van der Waals surface area (Å²) in [4.78, 5) is 0. The minimum Gasteiger partial charge on any atom is -0.386 e. The van der Waals surface area contributed by atoms with Crippen LogP contribution in [0.2, 0.25) is 0 Å². The van der Waals surface area contributed by atoms with Gasteiger partial charge >= 0.3 is 0 Å². The molecule has 3 heteroatoms. The number of aliphatic hydroxyl groups is 1. The van der Waals surface area contributed by atoms with Crippen LogP contribution in [-0.4, -0.2) is 29.7 Å². The second-order valence-corrected chi connectivity index (χ2v) is 7.02. The second-order valence-electron chi connectivity index (χ2n) is 7.02. The van der Waals surface area contributed by atoms with Crippen molar-refractivity contribution in [2.45, 2.75) is 57.3 Å². The summed E-state index contributed by atoms with van der Waals surface area (Å²) in [6.45, 7) is 5.85. The zero-order valence-corrected chi connectivity index (χ0v) is 11.4. The van der Waals surface area contributed by atoms with Crippen LogP contribution in [0.25, 0.3) is 0 Å². The molecule has 3 aliphatic rings. The SMILES string of the molecule is CC1(C)COC2(CCC3(O)C=CCCC3C2)OC1. The quantitative estimate of drug-likeness (QED) is 0.674. The topological polar surface area (TPSA) is 38.7 Å². The van der Waals surface area contributed by atoms with Crippen LogP contribution >= 0.6 is 0 Å². The maximum Gasteiger partial charge on any atom is 0.168 e. The number of rotatable bonds is 0. The second kappa shape index (κ2) is 4.06. The van der Waals surface area contributed by atoms with Gasteiger partial charge in [-0.25, -0.2) is 0 Å². The Morgan fingerprint density at radius 2 is 1.89 bits per heavy atom. The fraction of sp³-hybridized carbons (Fsp3) is 0.867. The van der Waals surface area contributed by atoms with Crippen molar-refractivity contribution in [1.29, 1.82) is 0 Å². The van der Waals surface area contributed by atoms with Crippen LogP contribution in [-0.2, 0) is 9.47 Å². The van der Waals surface area contributed by atoms with Gasteiger partial charge in [-0.1, -0.05) is 26.0 Å². The highest BCUT2D eigenvalue weighted by Gasteiger charge is 2.51. The standard InChI is InChI=1S/C15H24O3/c1-13(2)10-17-15(18-11-13)8-7-14(16)6-4-3-5-12(14)9-15/h4,6,12,16H,3,5,7-11H2,1-2H3. The van der Waals surface area contributed by atoms with Gasteiger partial charge in [-0.2, -0.15) is 0 Å². The van der Waals surface area contributed by atoms with E-state index in [1.165, 1.54) is 0 Å². The lowest BCUT2D eigenvalue weighted by Crippen LogP contribution is -2.56. The van der Waals surface area contributed by atoms with Crippen molar-refractivity contribution in [3.05, 3.63) is 12.2 Å². The first-order valence-corrected chi connectivity index (χ1v) is 7.11. The molecule has 2 unspecified atom stereocenters. The maximum absolute atomic E-state index is 10.6. The fourth-order valence-corrected chi connectivity index (χ4v) is 3.40. The van der Waals surface area contributed by atoms with E-state index in [0.29, 0.717) is 0 Å². The minimum atomic E-state index is -0.608. The smallest absolute Gasteiger partial charge is 0.168 e. The van der Waals surface area contributed by atoms with Crippen LogP contribution in [0.4, 0.5) is 0 Å². The van der Waals surface area contributed by atoms with Gasteiger partial charge in [-0.3, -0.25) is 0 Å². The van der Waals surface area contributed by atoms with Gasteiger partial charge in [0.05, 0.1) is 18.8 Å². The Bertz CT molecular complexity index is 351. The Kier molecular flexibility index (Phi) is 2.85. The predicted octanol–water partition coefficient (Wildman–Crippen LogP) is 2.64. The molecule has 3 rings (SSSR count). The summed E-state index contributed by atoms with van der Waals surface area (Å²) in [7, 11) is 0. The van der Waals surface area contributed by atoms with Crippen molar-refractivity contribution in [2.75, 3.05) is 13.2 Å². The largest absolute Gasteiger partial charge is 0.386 e. The zero-order valence-electron chi connectivity index (χ0n) is 11.4. The lowest BCUT2D eigenvalue weighted by molar-refractivity contribution is -0.325. The Hall–Kier alpha value is -0.380. The van der Waals surface area contributed by atoms with E-state index in [2.05, 4.69) is 19.9 Å². The van der Waals surface area contributed by atoms with Crippen molar-refractivity contribution >= 4 is 0 Å². The molecule has 1 saturated heterocycles. The first-order chi connectivity index (χ1) is 8.43. The maximum atomic E-state index is 10.6. The Labute approximate surface area is 109 Å². The normalized spacial score (nSPS) is 41.6. The molecule has 0 amide bonds. The molecule has 0 radical (unpaired) electrons. The summed E-state index contributed by atoms with van der Waals surface area (Å²) in [5.74, 6) is -0.130. The molecular formula is C15H24O3. The highest BCUT2D eigenvalue weighted by Crippen LogP contribution is 2.48. The molecular weight excluding hydrogens is 228 g/mol. The Morgan fingerprint density at radius 1 is 1.17 bits per heavy atom. The molecule has 2 atom stereocenters. The highest BCUT2D eigenvalue weighted by atomic mass is 16.7. The van der Waals surface area contributed by atoms with Crippen LogP contribution in [0.1, 0.15) is 46.0 Å². The van der Waals surface area contributed by atoms with Crippen molar-refractivity contribution in [3.63, 3.8) is 0 Å². The summed E-state index contributed by atoms with van der Waals surface area (Å²) < 4.78 is 12.1. The van der Waals surface area contributed by atoms with Crippen molar-refractivity contribution in [1.82, 2.24) is 0 Å². The zero-order chi connectivity index (χ0) is 12.9. The lowest BCUT2D eigenvalue weighted by atomic mass is 9.68. The van der Waals surface area contributed by atoms with Gasteiger partial charge in [-0.05, 0) is 25.2 Å². The summed E-state index contributed by atoms with van der Waals surface area (Å²) in [6, 6.07) is 0. The Balaban J connectivity index is 1.73. The van der Waals surface area contributed by atoms with Crippen LogP contribution in [0.5, 0.6) is 0 Å². The van der Waals surface area contributed by atoms with E-state index in [1.54, 1.807) is 0 Å². The molecule has 1 spiro atoms. The molecule has 0 aromatic rings. The van der Waals surface area contributed by atoms with Gasteiger partial charge in [0.1, 0.15) is 0 Å². The number of hydrogen-bond donors (Lipinski definition) is 1. The monoisotopic (exact) mass is 252 g/mol. The first kappa shape index (κ1) is 12.6. The van der Waals surface area contributed by atoms with E-state index in [-0.39, 0.29) is 11.3 Å². The summed E-state index contributed by atoms with van der Waals surface area (Å²) in [6.07, 6.45) is 8.62. The summed E-state index contributed by atoms with van der Waals surface area (Å²) in [5.41, 5.74) is -0.491. The molecule has 2 fully saturated rings.